The second-order valence-corrected chi connectivity index (χ2v) is 32.7. The van der Waals surface area contributed by atoms with Crippen LogP contribution in [0.25, 0.3) is 0 Å². The van der Waals surface area contributed by atoms with Gasteiger partial charge in [-0.15, -0.1) is 0 Å². The molecule has 23 nitrogen and oxygen atoms in total. The van der Waals surface area contributed by atoms with E-state index in [1.54, 1.807) is 24.3 Å². The molecule has 7 aromatic carbocycles. The topological polar surface area (TPSA) is 286 Å². The molecule has 7 rings (SSSR count). The minimum absolute atomic E-state index is 0.0451. The van der Waals surface area contributed by atoms with Crippen molar-refractivity contribution >= 4 is 47.8 Å². The van der Waals surface area contributed by atoms with E-state index in [-0.39, 0.29) is 89.9 Å². The number of ether oxygens (including phenoxy) is 14. The van der Waals surface area contributed by atoms with Crippen LogP contribution in [0.1, 0.15) is 381 Å². The molecule has 7 aromatic rings. The molecule has 0 atom stereocenters. The molecule has 0 aromatic heterocycles. The van der Waals surface area contributed by atoms with Crippen LogP contribution < -0.4 is 28.4 Å². The Morgan fingerprint density at radius 2 is 0.302 bits per heavy atom. The van der Waals surface area contributed by atoms with Gasteiger partial charge < -0.3 is 71.4 Å². The number of hydrogen-bond acceptors (Lipinski definition) is 23. The molecule has 704 valence electrons. The van der Waals surface area contributed by atoms with E-state index in [4.69, 9.17) is 66.3 Å². The molecular weight excluding hydrogens is 1640 g/mol. The standard InChI is InChI=1S/C106H142O23/c1-23-37-70-64(58-124-93-72(39-25-3)66(60-126-95-76(43-29-7)84(99(108)116-15)54-85(100(109)117-16)77(95)44-30-8)52-67(73(93)40-26-4)61-127-96-78(45-31-9)86(101(110)118-17)55-87(102(111)119-18)79(96)46-32-10)51-65(71(38-24-2)92(70)107)59-125-94-74(41-27-5)68(62-128-97-80(47-33-11)88(103(112)120-19)56-89(104(113)121-20)81(97)48-34-12)53-69(75(94)42-28-6)63-129-98-82(49-35-13)90(105(114)122-21)57-91(106(115)123-22)83(98)50-36-14/h51-57,107H,23-50,58-63H2,1-22H3. The van der Waals surface area contributed by atoms with Crippen molar-refractivity contribution in [2.24, 2.45) is 0 Å². The first-order chi connectivity index (χ1) is 62.3. The van der Waals surface area contributed by atoms with Crippen LogP contribution in [-0.4, -0.2) is 110 Å². The quantitative estimate of drug-likeness (QED) is 0.0274. The Morgan fingerprint density at radius 1 is 0.186 bits per heavy atom. The maximum atomic E-state index is 14.0. The average Bonchev–Trinajstić information content (AvgIpc) is 0.936. The first-order valence-corrected chi connectivity index (χ1v) is 46.7. The minimum atomic E-state index is -0.637. The number of phenolic OH excluding ortho intramolecular Hbond substituents is 1. The summed E-state index contributed by atoms with van der Waals surface area (Å²) in [7, 11) is 10.4. The zero-order valence-electron chi connectivity index (χ0n) is 81.0. The van der Waals surface area contributed by atoms with Gasteiger partial charge in [-0.1, -0.05) is 187 Å². The number of methoxy groups -OCH3 is 8. The fourth-order valence-electron chi connectivity index (χ4n) is 17.8. The number of carbonyl (C=O) groups excluding carboxylic acids is 8. The summed E-state index contributed by atoms with van der Waals surface area (Å²) in [6.07, 6.45) is 15.1. The van der Waals surface area contributed by atoms with Crippen molar-refractivity contribution in [3.05, 3.63) is 198 Å². The number of carbonyl (C=O) groups is 8. The van der Waals surface area contributed by atoms with E-state index in [1.165, 1.54) is 56.9 Å². The third-order valence-electron chi connectivity index (χ3n) is 23.5. The lowest BCUT2D eigenvalue weighted by molar-refractivity contribution is 0.0578. The zero-order chi connectivity index (χ0) is 94.7. The lowest BCUT2D eigenvalue weighted by atomic mass is 9.90. The van der Waals surface area contributed by atoms with Gasteiger partial charge in [0.1, 0.15) is 79.9 Å². The van der Waals surface area contributed by atoms with Gasteiger partial charge in [-0.05, 0) is 166 Å². The molecule has 0 saturated carbocycles. The summed E-state index contributed by atoms with van der Waals surface area (Å²) in [5, 5.41) is 13.3. The molecule has 0 heterocycles. The summed E-state index contributed by atoms with van der Waals surface area (Å²) >= 11 is 0. The molecule has 1 N–H and O–H groups in total. The van der Waals surface area contributed by atoms with Crippen molar-refractivity contribution in [1.82, 2.24) is 0 Å². The summed E-state index contributed by atoms with van der Waals surface area (Å²) in [6.45, 7) is 28.2. The van der Waals surface area contributed by atoms with Crippen LogP contribution in [0.15, 0.2) is 42.5 Å². The van der Waals surface area contributed by atoms with E-state index in [2.05, 4.69) is 59.7 Å². The van der Waals surface area contributed by atoms with Gasteiger partial charge >= 0.3 is 47.8 Å². The van der Waals surface area contributed by atoms with Crippen molar-refractivity contribution in [2.45, 2.75) is 316 Å². The van der Waals surface area contributed by atoms with Crippen molar-refractivity contribution in [1.29, 1.82) is 0 Å². The molecule has 0 amide bonds. The minimum Gasteiger partial charge on any atom is -0.507 e. The van der Waals surface area contributed by atoms with Gasteiger partial charge in [0.15, 0.2) is 0 Å². The molecule has 0 bridgehead atoms. The van der Waals surface area contributed by atoms with Gasteiger partial charge in [0.25, 0.3) is 0 Å². The molecule has 129 heavy (non-hydrogen) atoms. The molecule has 0 aliphatic carbocycles. The van der Waals surface area contributed by atoms with Crippen LogP contribution in [0.5, 0.6) is 40.2 Å². The molecule has 23 heteroatoms. The molecular formula is C106H142O23. The fourth-order valence-corrected chi connectivity index (χ4v) is 17.8. The predicted molar refractivity (Wildman–Crippen MR) is 499 cm³/mol. The Bertz CT molecular complexity index is 4310. The number of hydrogen-bond donors (Lipinski definition) is 1. The van der Waals surface area contributed by atoms with Crippen LogP contribution in [0.4, 0.5) is 0 Å². The normalized spacial score (nSPS) is 11.1. The summed E-state index contributed by atoms with van der Waals surface area (Å²) < 4.78 is 87.5. The van der Waals surface area contributed by atoms with E-state index >= 15 is 0 Å². The summed E-state index contributed by atoms with van der Waals surface area (Å²) in [6, 6.07) is 12.5. The maximum absolute atomic E-state index is 14.0. The maximum Gasteiger partial charge on any atom is 0.338 e. The van der Waals surface area contributed by atoms with Crippen LogP contribution in [0.3, 0.4) is 0 Å². The van der Waals surface area contributed by atoms with E-state index in [0.29, 0.717) is 281 Å². The molecule has 0 aliphatic rings. The van der Waals surface area contributed by atoms with Gasteiger partial charge in [0.05, 0.1) is 101 Å². The molecule has 0 radical (unpaired) electrons. The first kappa shape index (κ1) is 105. The van der Waals surface area contributed by atoms with Gasteiger partial charge in [-0.25, -0.2) is 38.4 Å². The summed E-state index contributed by atoms with van der Waals surface area (Å²) in [5.74, 6) is -2.31. The van der Waals surface area contributed by atoms with E-state index < -0.39 is 47.8 Å². The Kier molecular flexibility index (Phi) is 42.7. The Hall–Kier alpha value is -11.1. The summed E-state index contributed by atoms with van der Waals surface area (Å²) in [5.41, 5.74) is 15.3. The molecule has 0 saturated heterocycles. The van der Waals surface area contributed by atoms with Crippen molar-refractivity contribution in [3.63, 3.8) is 0 Å². The average molecular weight is 1780 g/mol. The third-order valence-corrected chi connectivity index (χ3v) is 23.5. The summed E-state index contributed by atoms with van der Waals surface area (Å²) in [4.78, 5) is 112. The molecule has 0 fully saturated rings. The number of rotatable bonds is 54. The zero-order valence-corrected chi connectivity index (χ0v) is 81.0. The Balaban J connectivity index is 1.58. The van der Waals surface area contributed by atoms with Crippen LogP contribution in [0.2, 0.25) is 0 Å². The van der Waals surface area contributed by atoms with Crippen LogP contribution in [0, 0.1) is 0 Å². The fraction of sp³-hybridized carbons (Fsp3) is 0.528. The Labute approximate surface area is 765 Å². The molecule has 0 spiro atoms. The van der Waals surface area contributed by atoms with E-state index in [9.17, 15) is 43.5 Å². The highest BCUT2D eigenvalue weighted by molar-refractivity contribution is 6.02. The van der Waals surface area contributed by atoms with Gasteiger partial charge in [-0.2, -0.15) is 0 Å². The Morgan fingerprint density at radius 3 is 0.434 bits per heavy atom. The molecule has 0 unspecified atom stereocenters. The van der Waals surface area contributed by atoms with E-state index in [1.807, 2.05) is 55.4 Å². The highest BCUT2D eigenvalue weighted by atomic mass is 16.6. The van der Waals surface area contributed by atoms with Gasteiger partial charge in [-0.3, -0.25) is 0 Å². The van der Waals surface area contributed by atoms with Gasteiger partial charge in [0.2, 0.25) is 0 Å². The highest BCUT2D eigenvalue weighted by Crippen LogP contribution is 2.46. The smallest absolute Gasteiger partial charge is 0.338 e. The molecule has 0 aliphatic heterocycles. The monoisotopic (exact) mass is 1780 g/mol. The lowest BCUT2D eigenvalue weighted by Crippen LogP contribution is -2.18. The number of esters is 8. The lowest BCUT2D eigenvalue weighted by Gasteiger charge is -2.27. The second kappa shape index (κ2) is 52.5. The SMILES string of the molecule is CCCc1c(COc2c(CCC)c(COc3c(CCC)c(C(=O)OC)cc(C(=O)OC)c3CCC)cc(COc3c(CCC)c(C(=O)OC)cc(C(=O)OC)c3CCC)c2CCC)cc(COc2c(CCC)c(COc3c(CCC)c(C(=O)OC)cc(C(=O)OC)c3CCC)cc(COc3c(CCC)c(C(=O)OC)cc(C(=O)OC)c3CCC)c2CCC)c(CCC)c1O. The number of aromatic hydroxyl groups is 1. The van der Waals surface area contributed by atoms with Crippen molar-refractivity contribution < 1.29 is 110 Å². The van der Waals surface area contributed by atoms with Crippen molar-refractivity contribution in [3.8, 4) is 40.2 Å². The van der Waals surface area contributed by atoms with Crippen molar-refractivity contribution in [2.75, 3.05) is 56.9 Å². The highest BCUT2D eigenvalue weighted by Gasteiger charge is 2.35. The number of phenols is 1. The van der Waals surface area contributed by atoms with Crippen LogP contribution >= 0.6 is 0 Å². The first-order valence-electron chi connectivity index (χ1n) is 46.7. The van der Waals surface area contributed by atoms with Crippen LogP contribution in [-0.2, 0) is 167 Å². The van der Waals surface area contributed by atoms with E-state index in [0.717, 1.165) is 44.5 Å². The largest absolute Gasteiger partial charge is 0.507 e. The second-order valence-electron chi connectivity index (χ2n) is 32.7. The van der Waals surface area contributed by atoms with Gasteiger partial charge in [0, 0.05) is 77.9 Å². The predicted octanol–water partition coefficient (Wildman–Crippen LogP) is 22.5. The third kappa shape index (κ3) is 24.9. The number of benzene rings is 7.